The number of benzene rings is 2. The summed E-state index contributed by atoms with van der Waals surface area (Å²) in [6.45, 7) is 1.13. The number of rotatable bonds is 5. The molecule has 2 aromatic rings. The van der Waals surface area contributed by atoms with Crippen LogP contribution in [0, 0.1) is 5.82 Å². The highest BCUT2D eigenvalue weighted by Gasteiger charge is 2.16. The number of fused-ring (bicyclic) bond motifs is 1. The lowest BCUT2D eigenvalue weighted by molar-refractivity contribution is -0.123. The van der Waals surface area contributed by atoms with Gasteiger partial charge in [-0.3, -0.25) is 4.79 Å². The average Bonchev–Trinajstić information content (AvgIpc) is 2.87. The van der Waals surface area contributed by atoms with Crippen LogP contribution < -0.4 is 19.5 Å². The molecule has 0 aromatic heterocycles. The first-order valence-corrected chi connectivity index (χ1v) is 8.71. The molecule has 0 saturated carbocycles. The Morgan fingerprint density at radius 2 is 1.96 bits per heavy atom. The molecule has 1 amide bonds. The van der Waals surface area contributed by atoms with E-state index in [0.29, 0.717) is 35.5 Å². The Hall–Kier alpha value is -2.18. The summed E-state index contributed by atoms with van der Waals surface area (Å²) in [6, 6.07) is 7.39. The molecule has 138 valence electrons. The van der Waals surface area contributed by atoms with Crippen LogP contribution in [0.2, 0.25) is 10.0 Å². The first-order chi connectivity index (χ1) is 12.5. The van der Waals surface area contributed by atoms with Crippen molar-refractivity contribution in [3.05, 3.63) is 51.8 Å². The average molecular weight is 400 g/mol. The number of carbonyl (C=O) groups excluding carboxylic acids is 1. The van der Waals surface area contributed by atoms with Crippen LogP contribution in [-0.4, -0.2) is 25.7 Å². The van der Waals surface area contributed by atoms with Gasteiger partial charge in [0, 0.05) is 19.0 Å². The van der Waals surface area contributed by atoms with E-state index in [4.69, 9.17) is 37.4 Å². The van der Waals surface area contributed by atoms with Gasteiger partial charge in [-0.2, -0.15) is 0 Å². The van der Waals surface area contributed by atoms with Crippen molar-refractivity contribution in [1.82, 2.24) is 5.32 Å². The molecular formula is C18H16Cl2FNO4. The fourth-order valence-corrected chi connectivity index (χ4v) is 2.81. The van der Waals surface area contributed by atoms with E-state index in [0.717, 1.165) is 12.0 Å². The van der Waals surface area contributed by atoms with E-state index in [1.54, 1.807) is 12.1 Å². The summed E-state index contributed by atoms with van der Waals surface area (Å²) in [4.78, 5) is 11.9. The fourth-order valence-electron chi connectivity index (χ4n) is 2.35. The molecule has 0 unspecified atom stereocenters. The van der Waals surface area contributed by atoms with Crippen molar-refractivity contribution in [2.45, 2.75) is 13.0 Å². The lowest BCUT2D eigenvalue weighted by atomic mass is 10.2. The van der Waals surface area contributed by atoms with Crippen LogP contribution in [0.15, 0.2) is 30.3 Å². The van der Waals surface area contributed by atoms with Crippen LogP contribution in [0.3, 0.4) is 0 Å². The first-order valence-electron chi connectivity index (χ1n) is 7.95. The van der Waals surface area contributed by atoms with Crippen molar-refractivity contribution >= 4 is 29.1 Å². The first kappa shape index (κ1) is 18.6. The topological polar surface area (TPSA) is 56.8 Å². The smallest absolute Gasteiger partial charge is 0.258 e. The zero-order valence-electron chi connectivity index (χ0n) is 13.7. The monoisotopic (exact) mass is 399 g/mol. The van der Waals surface area contributed by atoms with Gasteiger partial charge in [-0.15, -0.1) is 0 Å². The molecule has 8 heteroatoms. The van der Waals surface area contributed by atoms with Gasteiger partial charge in [0.25, 0.3) is 5.91 Å². The molecule has 0 radical (unpaired) electrons. The summed E-state index contributed by atoms with van der Waals surface area (Å²) in [5.41, 5.74) is 0.775. The Bertz CT molecular complexity index is 816. The van der Waals surface area contributed by atoms with E-state index in [9.17, 15) is 9.18 Å². The molecule has 2 aromatic carbocycles. The lowest BCUT2D eigenvalue weighted by Crippen LogP contribution is -2.28. The quantitative estimate of drug-likeness (QED) is 0.825. The van der Waals surface area contributed by atoms with Crippen molar-refractivity contribution < 1.29 is 23.4 Å². The third kappa shape index (κ3) is 4.71. The lowest BCUT2D eigenvalue weighted by Gasteiger charge is -2.12. The van der Waals surface area contributed by atoms with Gasteiger partial charge >= 0.3 is 0 Å². The number of hydrogen-bond donors (Lipinski definition) is 1. The number of hydrogen-bond acceptors (Lipinski definition) is 4. The molecule has 0 saturated heterocycles. The predicted molar refractivity (Wildman–Crippen MR) is 95.8 cm³/mol. The Kier molecular flexibility index (Phi) is 6.06. The molecule has 0 fully saturated rings. The Morgan fingerprint density at radius 1 is 1.15 bits per heavy atom. The van der Waals surface area contributed by atoms with Gasteiger partial charge in [0.1, 0.15) is 11.6 Å². The van der Waals surface area contributed by atoms with Gasteiger partial charge in [-0.1, -0.05) is 23.2 Å². The Balaban J connectivity index is 1.55. The summed E-state index contributed by atoms with van der Waals surface area (Å²) in [5.74, 6) is 0.515. The molecule has 1 aliphatic rings. The second-order valence-electron chi connectivity index (χ2n) is 5.60. The number of nitrogens with one attached hydrogen (secondary N) is 1. The molecule has 0 bridgehead atoms. The summed E-state index contributed by atoms with van der Waals surface area (Å²) in [5, 5.41) is 3.09. The SMILES string of the molecule is O=C(COc1ccc(F)c(Cl)c1)NCc1cc(Cl)c2c(c1)OCCCO2. The van der Waals surface area contributed by atoms with Crippen LogP contribution in [0.25, 0.3) is 0 Å². The minimum atomic E-state index is -0.547. The molecule has 3 rings (SSSR count). The highest BCUT2D eigenvalue weighted by atomic mass is 35.5. The molecule has 26 heavy (non-hydrogen) atoms. The van der Waals surface area contributed by atoms with Crippen molar-refractivity contribution in [2.24, 2.45) is 0 Å². The standard InChI is InChI=1S/C18H16Cl2FNO4/c19-13-8-12(2-3-15(13)21)26-10-17(23)22-9-11-6-14(20)18-16(7-11)24-4-1-5-25-18/h2-3,6-8H,1,4-5,9-10H2,(H,22,23). The summed E-state index contributed by atoms with van der Waals surface area (Å²) < 4.78 is 29.6. The number of halogens is 3. The largest absolute Gasteiger partial charge is 0.489 e. The van der Waals surface area contributed by atoms with Crippen molar-refractivity contribution in [3.63, 3.8) is 0 Å². The van der Waals surface area contributed by atoms with Gasteiger partial charge in [0.15, 0.2) is 18.1 Å². The van der Waals surface area contributed by atoms with Gasteiger partial charge < -0.3 is 19.5 Å². The zero-order chi connectivity index (χ0) is 18.5. The predicted octanol–water partition coefficient (Wildman–Crippen LogP) is 3.99. The second-order valence-corrected chi connectivity index (χ2v) is 6.41. The van der Waals surface area contributed by atoms with Gasteiger partial charge in [0.2, 0.25) is 0 Å². The molecule has 1 aliphatic heterocycles. The maximum absolute atomic E-state index is 13.1. The Labute approximate surface area is 159 Å². The van der Waals surface area contributed by atoms with Gasteiger partial charge in [-0.05, 0) is 29.8 Å². The van der Waals surface area contributed by atoms with E-state index >= 15 is 0 Å². The summed E-state index contributed by atoms with van der Waals surface area (Å²) >= 11 is 11.9. The summed E-state index contributed by atoms with van der Waals surface area (Å²) in [6.07, 6.45) is 0.780. The molecule has 0 aliphatic carbocycles. The maximum Gasteiger partial charge on any atom is 0.258 e. The molecule has 0 atom stereocenters. The number of carbonyl (C=O) groups is 1. The molecule has 1 heterocycles. The van der Waals surface area contributed by atoms with Crippen molar-refractivity contribution in [1.29, 1.82) is 0 Å². The normalized spacial score (nSPS) is 13.0. The Morgan fingerprint density at radius 3 is 2.77 bits per heavy atom. The van der Waals surface area contributed by atoms with E-state index in [-0.39, 0.29) is 24.1 Å². The van der Waals surface area contributed by atoms with Crippen LogP contribution >= 0.6 is 23.2 Å². The van der Waals surface area contributed by atoms with Gasteiger partial charge in [-0.25, -0.2) is 4.39 Å². The highest BCUT2D eigenvalue weighted by molar-refractivity contribution is 6.32. The molecule has 0 spiro atoms. The van der Waals surface area contributed by atoms with Crippen LogP contribution in [-0.2, 0) is 11.3 Å². The molecule has 5 nitrogen and oxygen atoms in total. The van der Waals surface area contributed by atoms with Crippen molar-refractivity contribution in [2.75, 3.05) is 19.8 Å². The molecule has 1 N–H and O–H groups in total. The van der Waals surface area contributed by atoms with E-state index in [1.807, 2.05) is 0 Å². The van der Waals surface area contributed by atoms with Gasteiger partial charge in [0.05, 0.1) is 23.3 Å². The van der Waals surface area contributed by atoms with Crippen LogP contribution in [0.1, 0.15) is 12.0 Å². The highest BCUT2D eigenvalue weighted by Crippen LogP contribution is 2.37. The van der Waals surface area contributed by atoms with Crippen molar-refractivity contribution in [3.8, 4) is 17.2 Å². The van der Waals surface area contributed by atoms with Crippen LogP contribution in [0.5, 0.6) is 17.2 Å². The molecular weight excluding hydrogens is 384 g/mol. The van der Waals surface area contributed by atoms with E-state index in [2.05, 4.69) is 5.32 Å². The maximum atomic E-state index is 13.1. The second kappa shape index (κ2) is 8.47. The minimum absolute atomic E-state index is 0.0650. The van der Waals surface area contributed by atoms with E-state index in [1.165, 1.54) is 18.2 Å². The summed E-state index contributed by atoms with van der Waals surface area (Å²) in [7, 11) is 0. The number of amides is 1. The number of ether oxygens (including phenoxy) is 3. The minimum Gasteiger partial charge on any atom is -0.489 e. The third-order valence-electron chi connectivity index (χ3n) is 3.61. The fraction of sp³-hybridized carbons (Fsp3) is 0.278. The zero-order valence-corrected chi connectivity index (χ0v) is 15.2. The van der Waals surface area contributed by atoms with E-state index < -0.39 is 5.82 Å². The van der Waals surface area contributed by atoms with Crippen LogP contribution in [0.4, 0.5) is 4.39 Å². The third-order valence-corrected chi connectivity index (χ3v) is 4.18.